The second-order valence-electron chi connectivity index (χ2n) is 13.7. The zero-order chi connectivity index (χ0) is 34.7. The van der Waals surface area contributed by atoms with Crippen molar-refractivity contribution in [3.8, 4) is 5.75 Å². The Balaban J connectivity index is 0.997. The third-order valence-electron chi connectivity index (χ3n) is 10.8. The number of fused-ring (bicyclic) bond motifs is 1. The van der Waals surface area contributed by atoms with Crippen LogP contribution in [0.2, 0.25) is 0 Å². The Morgan fingerprint density at radius 3 is 2.41 bits per heavy atom. The summed E-state index contributed by atoms with van der Waals surface area (Å²) in [6, 6.07) is 21.8. The summed E-state index contributed by atoms with van der Waals surface area (Å²) in [7, 11) is 1.66. The van der Waals surface area contributed by atoms with Gasteiger partial charge in [0.05, 0.1) is 56.1 Å². The number of nitrogens with zero attached hydrogens (tertiary/aromatic N) is 6. The first-order valence-electron chi connectivity index (χ1n) is 18.0. The van der Waals surface area contributed by atoms with Crippen molar-refractivity contribution >= 4 is 45.4 Å². The van der Waals surface area contributed by atoms with Gasteiger partial charge in [-0.3, -0.25) is 19.4 Å². The number of carbonyl (C=O) groups excluding carboxylic acids is 1. The van der Waals surface area contributed by atoms with Crippen LogP contribution in [0.25, 0.3) is 10.8 Å². The minimum absolute atomic E-state index is 0.00423. The summed E-state index contributed by atoms with van der Waals surface area (Å²) in [5.41, 5.74) is 3.48. The van der Waals surface area contributed by atoms with Crippen LogP contribution in [0.4, 0.5) is 28.7 Å². The molecule has 1 unspecified atom stereocenters. The Bertz CT molecular complexity index is 1860. The molecule has 0 bridgehead atoms. The summed E-state index contributed by atoms with van der Waals surface area (Å²) in [6.07, 6.45) is 5.79. The molecule has 0 spiro atoms. The van der Waals surface area contributed by atoms with E-state index in [2.05, 4.69) is 84.3 Å². The van der Waals surface area contributed by atoms with Crippen molar-refractivity contribution in [1.82, 2.24) is 19.8 Å². The molecule has 1 amide bonds. The van der Waals surface area contributed by atoms with Crippen molar-refractivity contribution in [2.45, 2.75) is 37.4 Å². The number of rotatable bonds is 10. The Hall–Kier alpha value is -4.75. The van der Waals surface area contributed by atoms with Gasteiger partial charge in [0, 0.05) is 63.9 Å². The normalized spacial score (nSPS) is 20.7. The number of ether oxygens (including phenoxy) is 2. The van der Waals surface area contributed by atoms with E-state index in [-0.39, 0.29) is 11.9 Å². The van der Waals surface area contributed by atoms with Crippen molar-refractivity contribution in [2.24, 2.45) is 0 Å². The third-order valence-corrected chi connectivity index (χ3v) is 10.8. The zero-order valence-electron chi connectivity index (χ0n) is 29.2. The van der Waals surface area contributed by atoms with E-state index in [1.807, 2.05) is 23.3 Å². The molecule has 1 atom stereocenters. The molecule has 266 valence electrons. The molecule has 5 heterocycles. The molecule has 12 nitrogen and oxygen atoms in total. The van der Waals surface area contributed by atoms with Crippen LogP contribution >= 0.6 is 0 Å². The number of nitrogens with one attached hydrogen (secondary N) is 2. The lowest BCUT2D eigenvalue weighted by Crippen LogP contribution is -2.59. The number of piperazine rings is 1. The van der Waals surface area contributed by atoms with E-state index in [0.29, 0.717) is 47.5 Å². The topological polar surface area (TPSA) is 108 Å². The van der Waals surface area contributed by atoms with E-state index < -0.39 is 0 Å². The Morgan fingerprint density at radius 1 is 0.902 bits per heavy atom. The number of amides is 1. The summed E-state index contributed by atoms with van der Waals surface area (Å²) >= 11 is 0. The highest BCUT2D eigenvalue weighted by molar-refractivity contribution is 6.02. The fourth-order valence-electron chi connectivity index (χ4n) is 7.95. The summed E-state index contributed by atoms with van der Waals surface area (Å²) < 4.78 is 11.3. The maximum absolute atomic E-state index is 12.7. The zero-order valence-corrected chi connectivity index (χ0v) is 29.2. The van der Waals surface area contributed by atoms with Crippen LogP contribution in [0, 0.1) is 0 Å². The van der Waals surface area contributed by atoms with Gasteiger partial charge in [-0.1, -0.05) is 49.0 Å². The first kappa shape index (κ1) is 33.4. The number of methoxy groups -OCH3 is 1. The van der Waals surface area contributed by atoms with E-state index in [1.165, 1.54) is 28.7 Å². The first-order chi connectivity index (χ1) is 25.1. The predicted octanol–water partition coefficient (Wildman–Crippen LogP) is 5.37. The van der Waals surface area contributed by atoms with Crippen molar-refractivity contribution < 1.29 is 19.1 Å². The molecule has 51 heavy (non-hydrogen) atoms. The molecule has 4 aliphatic heterocycles. The number of carbonyl (C=O) groups is 1. The molecule has 12 heteroatoms. The number of aromatic nitrogens is 2. The Kier molecular flexibility index (Phi) is 9.72. The van der Waals surface area contributed by atoms with Gasteiger partial charge in [-0.2, -0.15) is 0 Å². The molecule has 2 N–H and O–H groups in total. The van der Waals surface area contributed by atoms with Gasteiger partial charge >= 0.3 is 0 Å². The van der Waals surface area contributed by atoms with Crippen LogP contribution in [0.5, 0.6) is 5.75 Å². The molecule has 0 saturated carbocycles. The fraction of sp³-hybridized carbons (Fsp3) is 0.410. The molecule has 1 aromatic heterocycles. The first-order valence-corrected chi connectivity index (χ1v) is 18.0. The van der Waals surface area contributed by atoms with Crippen molar-refractivity contribution in [1.29, 1.82) is 0 Å². The highest BCUT2D eigenvalue weighted by Crippen LogP contribution is 2.41. The van der Waals surface area contributed by atoms with Gasteiger partial charge < -0.3 is 25.0 Å². The largest absolute Gasteiger partial charge is 0.494 e. The van der Waals surface area contributed by atoms with Gasteiger partial charge in [0.2, 0.25) is 5.91 Å². The minimum atomic E-state index is -0.271. The predicted molar refractivity (Wildman–Crippen MR) is 200 cm³/mol. The van der Waals surface area contributed by atoms with E-state index in [0.717, 1.165) is 77.4 Å². The van der Waals surface area contributed by atoms with Crippen LogP contribution in [-0.2, 0) is 14.4 Å². The molecule has 4 fully saturated rings. The van der Waals surface area contributed by atoms with Gasteiger partial charge in [-0.15, -0.1) is 0 Å². The van der Waals surface area contributed by atoms with Crippen molar-refractivity contribution in [2.75, 3.05) is 86.8 Å². The summed E-state index contributed by atoms with van der Waals surface area (Å²) in [5.74, 6) is 1.60. The maximum Gasteiger partial charge on any atom is 0.247 e. The maximum atomic E-state index is 12.7. The molecular weight excluding hydrogens is 644 g/mol. The van der Waals surface area contributed by atoms with E-state index in [4.69, 9.17) is 14.3 Å². The summed E-state index contributed by atoms with van der Waals surface area (Å²) in [6.45, 7) is 12.2. The molecule has 4 saturated heterocycles. The van der Waals surface area contributed by atoms with Gasteiger partial charge in [-0.05, 0) is 41.3 Å². The van der Waals surface area contributed by atoms with Crippen molar-refractivity contribution in [3.63, 3.8) is 0 Å². The second-order valence-corrected chi connectivity index (χ2v) is 13.7. The van der Waals surface area contributed by atoms with E-state index >= 15 is 0 Å². The quantitative estimate of drug-likeness (QED) is 0.210. The molecule has 4 aromatic rings. The second kappa shape index (κ2) is 14.8. The molecule has 8 rings (SSSR count). The number of hydrogen-bond donors (Lipinski definition) is 2. The highest BCUT2D eigenvalue weighted by Gasteiger charge is 2.33. The lowest BCUT2D eigenvalue weighted by atomic mass is 9.97. The van der Waals surface area contributed by atoms with Crippen LogP contribution in [0.3, 0.4) is 0 Å². The third kappa shape index (κ3) is 6.96. The van der Waals surface area contributed by atoms with Crippen LogP contribution in [0.1, 0.15) is 30.9 Å². The summed E-state index contributed by atoms with van der Waals surface area (Å²) in [5, 5.41) is 10.8. The summed E-state index contributed by atoms with van der Waals surface area (Å²) in [4.78, 5) is 35.5. The van der Waals surface area contributed by atoms with Gasteiger partial charge in [0.15, 0.2) is 5.82 Å². The Labute approximate surface area is 298 Å². The molecule has 3 aromatic carbocycles. The number of anilines is 5. The molecule has 0 aliphatic carbocycles. The van der Waals surface area contributed by atoms with Crippen LogP contribution in [0.15, 0.2) is 79.6 Å². The smallest absolute Gasteiger partial charge is 0.247 e. The number of benzene rings is 3. The average molecular weight is 691 g/mol. The highest BCUT2D eigenvalue weighted by atomic mass is 16.7. The van der Waals surface area contributed by atoms with Crippen LogP contribution < -0.4 is 25.3 Å². The molecule has 0 radical (unpaired) electrons. The van der Waals surface area contributed by atoms with E-state index in [9.17, 15) is 4.79 Å². The standard InChI is InChI=1S/C39H46N8O4/c1-3-39(48)43-32-21-33(36(49-2)22-35(32)46-14-11-28(12-15-46)44-16-18-45(19-17-44)29-24-50-25-29)42-37-23-38(41-26-40-37)47-34(13-20-51-47)31-10-6-8-27-7-4-5-9-30(27)31/h3-10,21-23,26,28-29,34H,1,11-20,24-25H2,2H3,(H,43,48)(H,40,41,42). The lowest BCUT2D eigenvalue weighted by Gasteiger charge is -2.46. The van der Waals surface area contributed by atoms with E-state index in [1.54, 1.807) is 7.11 Å². The number of hydrogen-bond acceptors (Lipinski definition) is 11. The number of piperidine rings is 1. The lowest BCUT2D eigenvalue weighted by molar-refractivity contribution is -0.111. The van der Waals surface area contributed by atoms with Gasteiger partial charge in [0.1, 0.15) is 17.9 Å². The van der Waals surface area contributed by atoms with Gasteiger partial charge in [-0.25, -0.2) is 15.0 Å². The van der Waals surface area contributed by atoms with Gasteiger partial charge in [0.25, 0.3) is 0 Å². The Morgan fingerprint density at radius 2 is 1.67 bits per heavy atom. The molecular formula is C39H46N8O4. The molecule has 4 aliphatic rings. The van der Waals surface area contributed by atoms with Crippen LogP contribution in [-0.4, -0.2) is 104 Å². The minimum Gasteiger partial charge on any atom is -0.494 e. The fourth-order valence-corrected chi connectivity index (χ4v) is 7.95. The number of hydroxylamine groups is 1. The monoisotopic (exact) mass is 690 g/mol. The SMILES string of the molecule is C=CC(=O)Nc1cc(Nc2cc(N3OCCC3c3cccc4ccccc34)ncn2)c(OC)cc1N1CCC(N2CCN(C3COC3)CC2)CC1. The van der Waals surface area contributed by atoms with Crippen molar-refractivity contribution in [3.05, 3.63) is 85.2 Å². The average Bonchev–Trinajstić information content (AvgIpc) is 3.65.